The maximum atomic E-state index is 13.3. The van der Waals surface area contributed by atoms with E-state index in [1.54, 1.807) is 24.3 Å². The summed E-state index contributed by atoms with van der Waals surface area (Å²) in [6.07, 6.45) is 0. The van der Waals surface area contributed by atoms with Crippen LogP contribution in [-0.2, 0) is 0 Å². The largest absolute Gasteiger partial charge is 0.464 e. The highest BCUT2D eigenvalue weighted by molar-refractivity contribution is 5.95. The lowest BCUT2D eigenvalue weighted by Crippen LogP contribution is -2.46. The van der Waals surface area contributed by atoms with Gasteiger partial charge in [-0.3, -0.25) is 9.59 Å². The third-order valence-electron chi connectivity index (χ3n) is 6.29. The fraction of sp³-hybridized carbons (Fsp3) is 0.200. The highest BCUT2D eigenvalue weighted by Gasteiger charge is 2.42. The van der Waals surface area contributed by atoms with Gasteiger partial charge in [0.15, 0.2) is 0 Å². The maximum Gasteiger partial charge on any atom is 0.251 e. The zero-order chi connectivity index (χ0) is 24.8. The molecule has 4 rings (SSSR count). The van der Waals surface area contributed by atoms with Crippen LogP contribution in [0.3, 0.4) is 0 Å². The molecule has 2 N–H and O–H groups in total. The zero-order valence-electron chi connectivity index (χ0n) is 20.2. The summed E-state index contributed by atoms with van der Waals surface area (Å²) in [5.74, 6) is 0.987. The van der Waals surface area contributed by atoms with E-state index in [4.69, 9.17) is 4.42 Å². The van der Waals surface area contributed by atoms with Crippen LogP contribution in [0.5, 0.6) is 0 Å². The lowest BCUT2D eigenvalue weighted by Gasteiger charge is -2.41. The Morgan fingerprint density at radius 3 is 1.57 bits per heavy atom. The molecule has 0 saturated carbocycles. The van der Waals surface area contributed by atoms with Crippen molar-refractivity contribution in [1.29, 1.82) is 0 Å². The van der Waals surface area contributed by atoms with Gasteiger partial charge < -0.3 is 15.1 Å². The molecule has 0 saturated heterocycles. The van der Waals surface area contributed by atoms with Gasteiger partial charge in [0.05, 0.1) is 12.1 Å². The Bertz CT molecular complexity index is 1260. The van der Waals surface area contributed by atoms with Crippen molar-refractivity contribution in [2.45, 2.75) is 32.9 Å². The van der Waals surface area contributed by atoms with Gasteiger partial charge in [-0.15, -0.1) is 0 Å². The molecule has 0 aliphatic carbocycles. The van der Waals surface area contributed by atoms with Gasteiger partial charge in [0.2, 0.25) is 0 Å². The Morgan fingerprint density at radius 2 is 1.11 bits per heavy atom. The Morgan fingerprint density at radius 1 is 0.657 bits per heavy atom. The second-order valence-electron chi connectivity index (χ2n) is 9.23. The normalized spacial score (nSPS) is 13.0. The summed E-state index contributed by atoms with van der Waals surface area (Å²) in [4.78, 5) is 26.5. The van der Waals surface area contributed by atoms with Crippen LogP contribution in [0, 0.1) is 12.3 Å². The molecular weight excluding hydrogens is 436 g/mol. The standard InChI is InChI=1S/C30H30N2O3/c1-21-19-20-25(35-21)27(32-29(34)24-17-11-6-12-18-24)30(2,3)26(22-13-7-4-8-14-22)31-28(33)23-15-9-5-10-16-23/h4-20,26-27H,1-3H3,(H,31,33)(H,32,34)/t26-,27-/m0/s1. The van der Waals surface area contributed by atoms with Crippen molar-refractivity contribution >= 4 is 11.8 Å². The smallest absolute Gasteiger partial charge is 0.251 e. The second kappa shape index (κ2) is 10.4. The van der Waals surface area contributed by atoms with E-state index < -0.39 is 17.5 Å². The van der Waals surface area contributed by atoms with Crippen molar-refractivity contribution in [3.05, 3.63) is 131 Å². The van der Waals surface area contributed by atoms with E-state index in [0.29, 0.717) is 16.9 Å². The van der Waals surface area contributed by atoms with Crippen LogP contribution in [0.1, 0.15) is 63.7 Å². The minimum atomic E-state index is -0.680. The van der Waals surface area contributed by atoms with E-state index >= 15 is 0 Å². The predicted molar refractivity (Wildman–Crippen MR) is 137 cm³/mol. The number of carbonyl (C=O) groups excluding carboxylic acids is 2. The van der Waals surface area contributed by atoms with Crippen molar-refractivity contribution in [3.63, 3.8) is 0 Å². The van der Waals surface area contributed by atoms with Crippen molar-refractivity contribution in [2.24, 2.45) is 5.41 Å². The first kappa shape index (κ1) is 24.0. The predicted octanol–water partition coefficient (Wildman–Crippen LogP) is 6.26. The third-order valence-corrected chi connectivity index (χ3v) is 6.29. The summed E-state index contributed by atoms with van der Waals surface area (Å²) >= 11 is 0. The number of rotatable bonds is 8. The molecule has 35 heavy (non-hydrogen) atoms. The van der Waals surface area contributed by atoms with Crippen LogP contribution in [-0.4, -0.2) is 11.8 Å². The van der Waals surface area contributed by atoms with Gasteiger partial charge in [0.1, 0.15) is 11.5 Å². The Kier molecular flexibility index (Phi) is 7.16. The van der Waals surface area contributed by atoms with E-state index in [-0.39, 0.29) is 11.8 Å². The minimum Gasteiger partial charge on any atom is -0.464 e. The Labute approximate surface area is 206 Å². The summed E-state index contributed by atoms with van der Waals surface area (Å²) in [6, 6.07) is 30.8. The molecule has 0 radical (unpaired) electrons. The lowest BCUT2D eigenvalue weighted by atomic mass is 9.73. The van der Waals surface area contributed by atoms with Crippen molar-refractivity contribution < 1.29 is 14.0 Å². The molecule has 0 spiro atoms. The molecule has 178 valence electrons. The van der Waals surface area contributed by atoms with E-state index in [9.17, 15) is 9.59 Å². The fourth-order valence-electron chi connectivity index (χ4n) is 4.35. The zero-order valence-corrected chi connectivity index (χ0v) is 20.2. The first-order valence-corrected chi connectivity index (χ1v) is 11.7. The van der Waals surface area contributed by atoms with Gasteiger partial charge >= 0.3 is 0 Å². The van der Waals surface area contributed by atoms with E-state index in [1.165, 1.54) is 0 Å². The highest BCUT2D eigenvalue weighted by atomic mass is 16.3. The van der Waals surface area contributed by atoms with Crippen LogP contribution < -0.4 is 10.6 Å². The number of benzene rings is 3. The van der Waals surface area contributed by atoms with Crippen molar-refractivity contribution in [2.75, 3.05) is 0 Å². The minimum absolute atomic E-state index is 0.184. The van der Waals surface area contributed by atoms with Gasteiger partial charge in [0, 0.05) is 16.5 Å². The van der Waals surface area contributed by atoms with Crippen molar-refractivity contribution in [1.82, 2.24) is 10.6 Å². The number of aryl methyl sites for hydroxylation is 1. The summed E-state index contributed by atoms with van der Waals surface area (Å²) < 4.78 is 6.02. The van der Waals surface area contributed by atoms with Crippen LogP contribution >= 0.6 is 0 Å². The third kappa shape index (κ3) is 5.52. The molecule has 0 aliphatic heterocycles. The van der Waals surface area contributed by atoms with Crippen LogP contribution in [0.4, 0.5) is 0 Å². The first-order chi connectivity index (χ1) is 16.9. The molecule has 3 aromatic carbocycles. The summed E-state index contributed by atoms with van der Waals surface area (Å²) in [7, 11) is 0. The van der Waals surface area contributed by atoms with Gasteiger partial charge in [-0.25, -0.2) is 0 Å². The summed E-state index contributed by atoms with van der Waals surface area (Å²) in [5, 5.41) is 6.41. The molecule has 2 atom stereocenters. The molecule has 4 aromatic rings. The monoisotopic (exact) mass is 466 g/mol. The van der Waals surface area contributed by atoms with Gasteiger partial charge in [0.25, 0.3) is 11.8 Å². The molecular formula is C30H30N2O3. The number of carbonyl (C=O) groups is 2. The average Bonchev–Trinajstić information content (AvgIpc) is 3.32. The van der Waals surface area contributed by atoms with E-state index in [1.807, 2.05) is 99.6 Å². The summed E-state index contributed by atoms with van der Waals surface area (Å²) in [5.41, 5.74) is 1.38. The quantitative estimate of drug-likeness (QED) is 0.322. The lowest BCUT2D eigenvalue weighted by molar-refractivity contribution is 0.0777. The highest BCUT2D eigenvalue weighted by Crippen LogP contribution is 2.44. The molecule has 0 aliphatic rings. The number of hydrogen-bond acceptors (Lipinski definition) is 3. The first-order valence-electron chi connectivity index (χ1n) is 11.7. The van der Waals surface area contributed by atoms with Gasteiger partial charge in [-0.05, 0) is 48.9 Å². The number of hydrogen-bond donors (Lipinski definition) is 2. The van der Waals surface area contributed by atoms with Gasteiger partial charge in [-0.1, -0.05) is 80.6 Å². The van der Waals surface area contributed by atoms with E-state index in [2.05, 4.69) is 10.6 Å². The number of amides is 2. The van der Waals surface area contributed by atoms with Gasteiger partial charge in [-0.2, -0.15) is 0 Å². The molecule has 5 heteroatoms. The molecule has 1 heterocycles. The van der Waals surface area contributed by atoms with E-state index in [0.717, 1.165) is 11.3 Å². The van der Waals surface area contributed by atoms with Crippen molar-refractivity contribution in [3.8, 4) is 0 Å². The maximum absolute atomic E-state index is 13.3. The summed E-state index contributed by atoms with van der Waals surface area (Å²) in [6.45, 7) is 5.94. The average molecular weight is 467 g/mol. The topological polar surface area (TPSA) is 71.3 Å². The molecule has 0 bridgehead atoms. The SMILES string of the molecule is Cc1ccc([C@H](NC(=O)c2ccccc2)C(C)(C)[C@@H](NC(=O)c2ccccc2)c2ccccc2)o1. The number of nitrogens with one attached hydrogen (secondary N) is 2. The molecule has 2 amide bonds. The van der Waals surface area contributed by atoms with Crippen LogP contribution in [0.25, 0.3) is 0 Å². The Hall–Kier alpha value is -4.12. The molecule has 1 aromatic heterocycles. The van der Waals surface area contributed by atoms with Crippen LogP contribution in [0.2, 0.25) is 0 Å². The molecule has 5 nitrogen and oxygen atoms in total. The number of furan rings is 1. The Balaban J connectivity index is 1.74. The second-order valence-corrected chi connectivity index (χ2v) is 9.23. The van der Waals surface area contributed by atoms with Crippen LogP contribution in [0.15, 0.2) is 108 Å². The fourth-order valence-corrected chi connectivity index (χ4v) is 4.35. The molecule has 0 unspecified atom stereocenters. The molecule has 0 fully saturated rings.